The first-order valence-electron chi connectivity index (χ1n) is 10.8. The number of nitrogen functional groups attached to an aromatic ring is 1. The number of non-ortho nitro benzene ring substituents is 1. The molecule has 1 saturated heterocycles. The van der Waals surface area contributed by atoms with E-state index in [9.17, 15) is 14.9 Å². The summed E-state index contributed by atoms with van der Waals surface area (Å²) in [5.41, 5.74) is 8.88. The van der Waals surface area contributed by atoms with Gasteiger partial charge in [0, 0.05) is 54.9 Å². The lowest BCUT2D eigenvalue weighted by Gasteiger charge is -2.34. The monoisotopic (exact) mass is 458 g/mol. The molecule has 10 nitrogen and oxygen atoms in total. The number of amides is 1. The maximum atomic E-state index is 12.8. The maximum absolute atomic E-state index is 12.8. The van der Waals surface area contributed by atoms with E-state index in [0.29, 0.717) is 42.3 Å². The van der Waals surface area contributed by atoms with Crippen molar-refractivity contribution in [3.63, 3.8) is 0 Å². The zero-order valence-electron chi connectivity index (χ0n) is 18.2. The van der Waals surface area contributed by atoms with Crippen LogP contribution in [0, 0.1) is 10.1 Å². The number of nitro groups is 1. The topological polar surface area (TPSA) is 140 Å². The molecule has 0 bridgehead atoms. The lowest BCUT2D eigenvalue weighted by molar-refractivity contribution is -0.384. The Labute approximate surface area is 194 Å². The fourth-order valence-electron chi connectivity index (χ4n) is 4.26. The highest BCUT2D eigenvalue weighted by Gasteiger charge is 2.31. The molecule has 0 saturated carbocycles. The summed E-state index contributed by atoms with van der Waals surface area (Å²) in [6.45, 7) is 1.43. The molecule has 1 aliphatic heterocycles. The molecule has 3 N–H and O–H groups in total. The molecule has 172 valence electrons. The van der Waals surface area contributed by atoms with Crippen LogP contribution in [0.25, 0.3) is 22.2 Å². The molecule has 1 atom stereocenters. The van der Waals surface area contributed by atoms with Gasteiger partial charge in [-0.1, -0.05) is 24.3 Å². The number of aromatic nitrogens is 2. The number of carbonyl (C=O) groups is 1. The van der Waals surface area contributed by atoms with Crippen molar-refractivity contribution in [3.05, 3.63) is 82.5 Å². The molecule has 34 heavy (non-hydrogen) atoms. The number of nitrogens with one attached hydrogen (secondary N) is 1. The third kappa shape index (κ3) is 4.18. The van der Waals surface area contributed by atoms with Crippen LogP contribution in [0.3, 0.4) is 0 Å². The molecule has 1 unspecified atom stereocenters. The van der Waals surface area contributed by atoms with Crippen molar-refractivity contribution in [2.24, 2.45) is 0 Å². The average molecular weight is 458 g/mol. The van der Waals surface area contributed by atoms with Crippen molar-refractivity contribution in [3.8, 4) is 11.3 Å². The van der Waals surface area contributed by atoms with Crippen molar-refractivity contribution in [2.75, 3.05) is 25.4 Å². The molecule has 1 aliphatic rings. The summed E-state index contributed by atoms with van der Waals surface area (Å²) in [7, 11) is 0. The highest BCUT2D eigenvalue weighted by atomic mass is 16.6. The molecule has 2 aromatic heterocycles. The molecule has 2 aromatic carbocycles. The average Bonchev–Trinajstić information content (AvgIpc) is 3.24. The predicted molar refractivity (Wildman–Crippen MR) is 126 cm³/mol. The Bertz CT molecular complexity index is 1380. The second-order valence-electron chi connectivity index (χ2n) is 8.14. The van der Waals surface area contributed by atoms with Crippen molar-refractivity contribution in [1.29, 1.82) is 0 Å². The first kappa shape index (κ1) is 21.5. The van der Waals surface area contributed by atoms with Gasteiger partial charge in [-0.05, 0) is 11.6 Å². The van der Waals surface area contributed by atoms with Crippen LogP contribution in [-0.2, 0) is 11.2 Å². The van der Waals surface area contributed by atoms with E-state index < -0.39 is 11.0 Å². The van der Waals surface area contributed by atoms with Crippen LogP contribution in [0.1, 0.15) is 17.4 Å². The second kappa shape index (κ2) is 8.91. The van der Waals surface area contributed by atoms with Gasteiger partial charge in [-0.15, -0.1) is 0 Å². The lowest BCUT2D eigenvalue weighted by atomic mass is 10.0. The number of anilines is 1. The number of rotatable bonds is 6. The smallest absolute Gasteiger partial charge is 0.270 e. The summed E-state index contributed by atoms with van der Waals surface area (Å²) < 4.78 is 6.17. The Hall–Kier alpha value is -4.31. The molecule has 10 heteroatoms. The third-order valence-electron chi connectivity index (χ3n) is 5.93. The van der Waals surface area contributed by atoms with Crippen LogP contribution < -0.4 is 11.1 Å². The van der Waals surface area contributed by atoms with Gasteiger partial charge in [0.1, 0.15) is 12.1 Å². The number of furan rings is 1. The van der Waals surface area contributed by atoms with Gasteiger partial charge in [0.2, 0.25) is 5.91 Å². The van der Waals surface area contributed by atoms with Gasteiger partial charge in [-0.3, -0.25) is 14.9 Å². The van der Waals surface area contributed by atoms with Crippen LogP contribution in [0.4, 0.5) is 11.4 Å². The zero-order chi connectivity index (χ0) is 23.7. The number of hydrogen-bond donors (Lipinski definition) is 2. The molecular formula is C24H22N6O4. The molecule has 0 aliphatic carbocycles. The molecule has 1 fully saturated rings. The Morgan fingerprint density at radius 2 is 2.12 bits per heavy atom. The van der Waals surface area contributed by atoms with Crippen molar-refractivity contribution in [1.82, 2.24) is 20.2 Å². The highest BCUT2D eigenvalue weighted by molar-refractivity contribution is 5.80. The molecular weight excluding hydrogens is 436 g/mol. The molecule has 1 amide bonds. The molecule has 0 radical (unpaired) electrons. The predicted octanol–water partition coefficient (Wildman–Crippen LogP) is 3.10. The van der Waals surface area contributed by atoms with Crippen LogP contribution in [-0.4, -0.2) is 45.3 Å². The fraction of sp³-hybridized carbons (Fsp3) is 0.208. The Kier molecular flexibility index (Phi) is 5.64. The summed E-state index contributed by atoms with van der Waals surface area (Å²) in [6, 6.07) is 13.3. The van der Waals surface area contributed by atoms with E-state index >= 15 is 0 Å². The van der Waals surface area contributed by atoms with Gasteiger partial charge in [0.15, 0.2) is 5.76 Å². The van der Waals surface area contributed by atoms with Crippen molar-refractivity contribution >= 4 is 28.2 Å². The second-order valence-corrected chi connectivity index (χ2v) is 8.14. The first-order valence-corrected chi connectivity index (χ1v) is 10.8. The van der Waals surface area contributed by atoms with Crippen molar-refractivity contribution < 1.29 is 14.1 Å². The largest absolute Gasteiger partial charge is 0.457 e. The van der Waals surface area contributed by atoms with Gasteiger partial charge in [-0.25, -0.2) is 9.97 Å². The molecule has 0 spiro atoms. The summed E-state index contributed by atoms with van der Waals surface area (Å²) in [5.74, 6) is 0.834. The van der Waals surface area contributed by atoms with Gasteiger partial charge >= 0.3 is 0 Å². The maximum Gasteiger partial charge on any atom is 0.270 e. The summed E-state index contributed by atoms with van der Waals surface area (Å²) >= 11 is 0. The quantitative estimate of drug-likeness (QED) is 0.332. The number of piperazine rings is 1. The highest BCUT2D eigenvalue weighted by Crippen LogP contribution is 2.37. The Morgan fingerprint density at radius 1 is 1.24 bits per heavy atom. The summed E-state index contributed by atoms with van der Waals surface area (Å²) in [4.78, 5) is 33.7. The van der Waals surface area contributed by atoms with E-state index in [1.54, 1.807) is 29.3 Å². The van der Waals surface area contributed by atoms with Gasteiger partial charge in [0.05, 0.1) is 28.7 Å². The standard InChI is InChI=1S/C24H22N6O4/c25-19-11-22(34-24(19)16-2-1-3-18(10-16)30(32)33)21(29-7-6-26-13-23(29)31)9-15-4-5-17-12-27-14-28-20(17)8-15/h1-5,8,10-12,14,21,26H,6-7,9,13,25H2. The summed E-state index contributed by atoms with van der Waals surface area (Å²) in [5, 5.41) is 15.2. The van der Waals surface area contributed by atoms with Crippen LogP contribution >= 0.6 is 0 Å². The molecule has 5 rings (SSSR count). The number of nitrogens with zero attached hydrogens (tertiary/aromatic N) is 4. The number of fused-ring (bicyclic) bond motifs is 1. The number of nitrogens with two attached hydrogens (primary N) is 1. The van der Waals surface area contributed by atoms with Crippen LogP contribution in [0.5, 0.6) is 0 Å². The number of nitro benzene ring substituents is 1. The van der Waals surface area contributed by atoms with E-state index in [4.69, 9.17) is 10.2 Å². The fourth-order valence-corrected chi connectivity index (χ4v) is 4.26. The number of benzene rings is 2. The third-order valence-corrected chi connectivity index (χ3v) is 5.93. The van der Waals surface area contributed by atoms with Crippen molar-refractivity contribution in [2.45, 2.75) is 12.5 Å². The van der Waals surface area contributed by atoms with E-state index in [0.717, 1.165) is 16.5 Å². The van der Waals surface area contributed by atoms with E-state index in [-0.39, 0.29) is 18.1 Å². The van der Waals surface area contributed by atoms with Crippen LogP contribution in [0.15, 0.2) is 65.5 Å². The number of hydrogen-bond acceptors (Lipinski definition) is 8. The minimum atomic E-state index is -0.463. The molecule has 3 heterocycles. The summed E-state index contributed by atoms with van der Waals surface area (Å²) in [6.07, 6.45) is 3.75. The first-order chi connectivity index (χ1) is 16.5. The van der Waals surface area contributed by atoms with Gasteiger partial charge in [-0.2, -0.15) is 0 Å². The van der Waals surface area contributed by atoms with Crippen LogP contribution in [0.2, 0.25) is 0 Å². The lowest BCUT2D eigenvalue weighted by Crippen LogP contribution is -2.49. The Morgan fingerprint density at radius 3 is 2.94 bits per heavy atom. The number of carbonyl (C=O) groups excluding carboxylic acids is 1. The molecule has 4 aromatic rings. The minimum absolute atomic E-state index is 0.0359. The van der Waals surface area contributed by atoms with E-state index in [2.05, 4.69) is 15.3 Å². The normalized spacial score (nSPS) is 14.9. The minimum Gasteiger partial charge on any atom is -0.457 e. The van der Waals surface area contributed by atoms with Gasteiger partial charge < -0.3 is 20.4 Å². The Balaban J connectivity index is 1.54. The zero-order valence-corrected chi connectivity index (χ0v) is 18.2. The van der Waals surface area contributed by atoms with E-state index in [1.807, 2.05) is 18.2 Å². The SMILES string of the molecule is Nc1cc(C(Cc2ccc3cncnc3c2)N2CCNCC2=O)oc1-c1cccc([N+](=O)[O-])c1. The van der Waals surface area contributed by atoms with E-state index in [1.165, 1.54) is 18.5 Å². The van der Waals surface area contributed by atoms with Gasteiger partial charge in [0.25, 0.3) is 5.69 Å².